The molecule has 2 aliphatic heterocycles. The molecule has 0 saturated carbocycles. The Kier molecular flexibility index (Phi) is 2.93. The molecule has 7 heteroatoms. The van der Waals surface area contributed by atoms with Crippen molar-refractivity contribution >= 4 is 28.5 Å². The van der Waals surface area contributed by atoms with Crippen molar-refractivity contribution in [1.29, 1.82) is 0 Å². The molecule has 2 N–H and O–H groups in total. The monoisotopic (exact) mass is 354 g/mol. The number of hydrogen-bond donors (Lipinski definition) is 1. The fourth-order valence-corrected chi connectivity index (χ4v) is 4.33. The summed E-state index contributed by atoms with van der Waals surface area (Å²) in [5, 5.41) is 1.86. The van der Waals surface area contributed by atoms with Gasteiger partial charge in [-0.2, -0.15) is 0 Å². The van der Waals surface area contributed by atoms with Crippen molar-refractivity contribution in [3.8, 4) is 5.75 Å². The van der Waals surface area contributed by atoms with Gasteiger partial charge in [0.05, 0.1) is 24.2 Å². The van der Waals surface area contributed by atoms with Crippen LogP contribution in [0.5, 0.6) is 5.75 Å². The summed E-state index contributed by atoms with van der Waals surface area (Å²) >= 11 is 6.49. The molecule has 3 heterocycles. The summed E-state index contributed by atoms with van der Waals surface area (Å²) in [5.41, 5.74) is 3.17. The van der Waals surface area contributed by atoms with Crippen LogP contribution in [0.1, 0.15) is 40.3 Å². The second-order valence-electron chi connectivity index (χ2n) is 6.38. The average Bonchev–Trinajstić information content (AvgIpc) is 3.13. The zero-order valence-corrected chi connectivity index (χ0v) is 14.2. The topological polar surface area (TPSA) is 73.4 Å². The SMILES string of the molecule is COc1ccc2nc3n(c2c1)[C@@H]1C[C@H]3N(N)C(=O)c2cccc(Cl)c21. The summed E-state index contributed by atoms with van der Waals surface area (Å²) in [6, 6.07) is 10.8. The van der Waals surface area contributed by atoms with Gasteiger partial charge in [-0.3, -0.25) is 9.80 Å². The minimum absolute atomic E-state index is 0.0849. The smallest absolute Gasteiger partial charge is 0.268 e. The zero-order chi connectivity index (χ0) is 17.3. The summed E-state index contributed by atoms with van der Waals surface area (Å²) in [6.07, 6.45) is 0.661. The van der Waals surface area contributed by atoms with Gasteiger partial charge in [0.25, 0.3) is 5.91 Å². The molecule has 126 valence electrons. The molecule has 0 saturated heterocycles. The first kappa shape index (κ1) is 14.7. The standard InChI is InChI=1S/C18H15ClN4O2/c1-25-9-5-6-12-13(7-9)22-14-8-15(17(22)21-12)23(20)18(24)10-3-2-4-11(19)16(10)14/h2-7,14-15H,8,20H2,1H3/t14-,15-/m1/s1. The first-order chi connectivity index (χ1) is 12.1. The molecule has 0 fully saturated rings. The van der Waals surface area contributed by atoms with E-state index in [1.54, 1.807) is 19.2 Å². The third-order valence-corrected chi connectivity index (χ3v) is 5.50. The quantitative estimate of drug-likeness (QED) is 0.538. The molecule has 2 aliphatic rings. The fourth-order valence-electron chi connectivity index (χ4n) is 4.03. The lowest BCUT2D eigenvalue weighted by Crippen LogP contribution is -2.40. The third-order valence-electron chi connectivity index (χ3n) is 5.17. The Morgan fingerprint density at radius 1 is 1.28 bits per heavy atom. The Bertz CT molecular complexity index is 1040. The predicted molar refractivity (Wildman–Crippen MR) is 93.6 cm³/mol. The highest BCUT2D eigenvalue weighted by Gasteiger charge is 2.44. The Morgan fingerprint density at radius 3 is 2.92 bits per heavy atom. The van der Waals surface area contributed by atoms with Gasteiger partial charge >= 0.3 is 0 Å². The number of hydrogen-bond acceptors (Lipinski definition) is 4. The number of benzene rings is 2. The number of hydrazine groups is 1. The summed E-state index contributed by atoms with van der Waals surface area (Å²) in [5.74, 6) is 7.50. The number of carbonyl (C=O) groups is 1. The van der Waals surface area contributed by atoms with Crippen molar-refractivity contribution in [2.75, 3.05) is 7.11 Å². The van der Waals surface area contributed by atoms with Crippen LogP contribution in [0.2, 0.25) is 5.02 Å². The lowest BCUT2D eigenvalue weighted by atomic mass is 9.99. The van der Waals surface area contributed by atoms with Crippen LogP contribution in [0, 0.1) is 0 Å². The van der Waals surface area contributed by atoms with Crippen molar-refractivity contribution in [2.24, 2.45) is 5.84 Å². The van der Waals surface area contributed by atoms with Crippen LogP contribution in [-0.4, -0.2) is 27.6 Å². The second kappa shape index (κ2) is 4.97. The van der Waals surface area contributed by atoms with Gasteiger partial charge in [0, 0.05) is 28.6 Å². The number of nitrogens with zero attached hydrogens (tertiary/aromatic N) is 3. The van der Waals surface area contributed by atoms with E-state index in [1.807, 2.05) is 24.3 Å². The first-order valence-electron chi connectivity index (χ1n) is 8.02. The van der Waals surface area contributed by atoms with Crippen molar-refractivity contribution in [3.05, 3.63) is 58.4 Å². The molecule has 3 aromatic rings. The lowest BCUT2D eigenvalue weighted by molar-refractivity contribution is 0.0679. The summed E-state index contributed by atoms with van der Waals surface area (Å²) < 4.78 is 7.50. The van der Waals surface area contributed by atoms with Crippen LogP contribution in [-0.2, 0) is 0 Å². The van der Waals surface area contributed by atoms with E-state index in [2.05, 4.69) is 4.57 Å². The normalized spacial score (nSPS) is 21.2. The summed E-state index contributed by atoms with van der Waals surface area (Å²) in [6.45, 7) is 0. The van der Waals surface area contributed by atoms with E-state index >= 15 is 0 Å². The van der Waals surface area contributed by atoms with Crippen LogP contribution in [0.25, 0.3) is 11.0 Å². The molecule has 5 rings (SSSR count). The molecule has 0 unspecified atom stereocenters. The summed E-state index contributed by atoms with van der Waals surface area (Å²) in [7, 11) is 1.64. The minimum Gasteiger partial charge on any atom is -0.497 e. The Balaban J connectivity index is 1.86. The van der Waals surface area contributed by atoms with Gasteiger partial charge in [-0.15, -0.1) is 0 Å². The maximum atomic E-state index is 12.8. The third kappa shape index (κ3) is 1.83. The van der Waals surface area contributed by atoms with E-state index in [9.17, 15) is 4.79 Å². The molecule has 1 aromatic heterocycles. The number of nitrogens with two attached hydrogens (primary N) is 1. The van der Waals surface area contributed by atoms with Crippen LogP contribution in [0.15, 0.2) is 36.4 Å². The highest BCUT2D eigenvalue weighted by atomic mass is 35.5. The van der Waals surface area contributed by atoms with E-state index < -0.39 is 0 Å². The van der Waals surface area contributed by atoms with E-state index in [-0.39, 0.29) is 18.0 Å². The molecule has 6 nitrogen and oxygen atoms in total. The molecular formula is C18H15ClN4O2. The summed E-state index contributed by atoms with van der Waals surface area (Å²) in [4.78, 5) is 17.5. The number of imidazole rings is 1. The number of halogens is 1. The van der Waals surface area contributed by atoms with Crippen LogP contribution < -0.4 is 10.6 Å². The number of amides is 1. The maximum Gasteiger partial charge on any atom is 0.268 e. The van der Waals surface area contributed by atoms with Gasteiger partial charge < -0.3 is 9.30 Å². The van der Waals surface area contributed by atoms with E-state index in [0.29, 0.717) is 17.0 Å². The van der Waals surface area contributed by atoms with Gasteiger partial charge in [0.1, 0.15) is 17.6 Å². The number of methoxy groups -OCH3 is 1. The van der Waals surface area contributed by atoms with Gasteiger partial charge in [-0.25, -0.2) is 10.8 Å². The predicted octanol–water partition coefficient (Wildman–Crippen LogP) is 3.06. The maximum absolute atomic E-state index is 12.8. The molecule has 0 aliphatic carbocycles. The van der Waals surface area contributed by atoms with Crippen molar-refractivity contribution in [2.45, 2.75) is 18.5 Å². The number of carbonyl (C=O) groups excluding carboxylic acids is 1. The number of fused-ring (bicyclic) bond motifs is 9. The van der Waals surface area contributed by atoms with E-state index in [4.69, 9.17) is 27.2 Å². The zero-order valence-electron chi connectivity index (χ0n) is 13.4. The first-order valence-corrected chi connectivity index (χ1v) is 8.40. The van der Waals surface area contributed by atoms with Crippen LogP contribution in [0.3, 0.4) is 0 Å². The van der Waals surface area contributed by atoms with Gasteiger partial charge in [-0.05, 0) is 24.3 Å². The second-order valence-corrected chi connectivity index (χ2v) is 6.78. The van der Waals surface area contributed by atoms with Crippen molar-refractivity contribution in [1.82, 2.24) is 14.6 Å². The van der Waals surface area contributed by atoms with Gasteiger partial charge in [0.15, 0.2) is 0 Å². The molecular weight excluding hydrogens is 340 g/mol. The van der Waals surface area contributed by atoms with Gasteiger partial charge in [0.2, 0.25) is 0 Å². The highest BCUT2D eigenvalue weighted by molar-refractivity contribution is 6.32. The van der Waals surface area contributed by atoms with Crippen molar-refractivity contribution in [3.63, 3.8) is 0 Å². The Morgan fingerprint density at radius 2 is 2.12 bits per heavy atom. The largest absolute Gasteiger partial charge is 0.497 e. The van der Waals surface area contributed by atoms with Crippen LogP contribution >= 0.6 is 11.6 Å². The average molecular weight is 355 g/mol. The Labute approximate surface area is 148 Å². The molecule has 0 radical (unpaired) electrons. The molecule has 25 heavy (non-hydrogen) atoms. The molecule has 0 spiro atoms. The van der Waals surface area contributed by atoms with E-state index in [1.165, 1.54) is 5.01 Å². The highest BCUT2D eigenvalue weighted by Crippen LogP contribution is 2.48. The lowest BCUT2D eigenvalue weighted by Gasteiger charge is -2.23. The minimum atomic E-state index is -0.278. The van der Waals surface area contributed by atoms with Gasteiger partial charge in [-0.1, -0.05) is 17.7 Å². The molecule has 2 aromatic carbocycles. The Hall–Kier alpha value is -2.57. The van der Waals surface area contributed by atoms with E-state index in [0.717, 1.165) is 28.2 Å². The number of rotatable bonds is 1. The fraction of sp³-hybridized carbons (Fsp3) is 0.222. The molecule has 1 amide bonds. The number of ether oxygens (including phenoxy) is 1. The van der Waals surface area contributed by atoms with Crippen LogP contribution in [0.4, 0.5) is 0 Å². The molecule has 2 atom stereocenters. The number of aromatic nitrogens is 2. The molecule has 2 bridgehead atoms. The van der Waals surface area contributed by atoms with Crippen molar-refractivity contribution < 1.29 is 9.53 Å².